The zero-order valence-corrected chi connectivity index (χ0v) is 24.2. The predicted molar refractivity (Wildman–Crippen MR) is 161 cm³/mol. The van der Waals surface area contributed by atoms with E-state index in [1.807, 2.05) is 12.1 Å². The molecule has 1 aliphatic rings. The van der Waals surface area contributed by atoms with Crippen molar-refractivity contribution in [2.24, 2.45) is 5.92 Å². The summed E-state index contributed by atoms with van der Waals surface area (Å²) >= 11 is 18.5. The van der Waals surface area contributed by atoms with Gasteiger partial charge in [0.05, 0.1) is 26.3 Å². The van der Waals surface area contributed by atoms with Gasteiger partial charge in [-0.1, -0.05) is 46.9 Å². The number of benzene rings is 2. The molecule has 9 nitrogen and oxygen atoms in total. The summed E-state index contributed by atoms with van der Waals surface area (Å²) in [7, 11) is 0. The number of pyridine rings is 1. The molecule has 0 saturated carbocycles. The number of carbonyl (C=O) groups excluding carboxylic acids is 2. The molecule has 2 aromatic carbocycles. The fourth-order valence-electron chi connectivity index (χ4n) is 4.69. The van der Waals surface area contributed by atoms with Gasteiger partial charge in [0, 0.05) is 43.8 Å². The molecule has 0 unspecified atom stereocenters. The third kappa shape index (κ3) is 7.30. The van der Waals surface area contributed by atoms with Crippen LogP contribution < -0.4 is 20.3 Å². The van der Waals surface area contributed by atoms with Crippen LogP contribution in [0.5, 0.6) is 5.88 Å². The second-order valence-electron chi connectivity index (χ2n) is 9.55. The van der Waals surface area contributed by atoms with Crippen molar-refractivity contribution in [1.29, 1.82) is 0 Å². The third-order valence-corrected chi connectivity index (χ3v) is 7.92. The Morgan fingerprint density at radius 1 is 0.902 bits per heavy atom. The number of hydrogen-bond acceptors (Lipinski definition) is 6. The van der Waals surface area contributed by atoms with Crippen LogP contribution in [-0.2, 0) is 0 Å². The Hall–Kier alpha value is -3.79. The largest absolute Gasteiger partial charge is 0.413 e. The van der Waals surface area contributed by atoms with Gasteiger partial charge < -0.3 is 20.3 Å². The van der Waals surface area contributed by atoms with Crippen LogP contribution in [0.2, 0.25) is 15.1 Å². The zero-order chi connectivity index (χ0) is 28.8. The molecule has 41 heavy (non-hydrogen) atoms. The average molecular weight is 614 g/mol. The molecule has 2 aromatic heterocycles. The Morgan fingerprint density at radius 3 is 2.39 bits per heavy atom. The number of rotatable bonds is 8. The molecule has 2 N–H and O–H groups in total. The van der Waals surface area contributed by atoms with Crippen LogP contribution in [0.4, 0.5) is 16.3 Å². The first-order chi connectivity index (χ1) is 19.9. The predicted octanol–water partition coefficient (Wildman–Crippen LogP) is 6.87. The number of anilines is 2. The normalized spacial score (nSPS) is 13.6. The van der Waals surface area contributed by atoms with Crippen molar-refractivity contribution in [2.75, 3.05) is 29.9 Å². The van der Waals surface area contributed by atoms with Crippen LogP contribution in [-0.4, -0.2) is 46.4 Å². The molecule has 1 saturated heterocycles. The summed E-state index contributed by atoms with van der Waals surface area (Å²) in [5.41, 5.74) is 1.97. The smallest absolute Gasteiger partial charge is 0.390 e. The van der Waals surface area contributed by atoms with Crippen molar-refractivity contribution in [1.82, 2.24) is 20.1 Å². The number of carbonyl (C=O) groups is 2. The average Bonchev–Trinajstić information content (AvgIpc) is 3.37. The molecule has 4 aromatic rings. The van der Waals surface area contributed by atoms with Gasteiger partial charge in [0.1, 0.15) is 5.82 Å². The number of nitrogens with one attached hydrogen (secondary N) is 2. The molecule has 1 fully saturated rings. The fourth-order valence-corrected chi connectivity index (χ4v) is 5.20. The summed E-state index contributed by atoms with van der Waals surface area (Å²) in [4.78, 5) is 32.0. The highest BCUT2D eigenvalue weighted by Gasteiger charge is 2.21. The van der Waals surface area contributed by atoms with Crippen molar-refractivity contribution >= 4 is 58.3 Å². The lowest BCUT2D eigenvalue weighted by Gasteiger charge is -2.33. The minimum Gasteiger partial charge on any atom is -0.390 e. The maximum atomic E-state index is 13.0. The molecule has 12 heteroatoms. The lowest BCUT2D eigenvalue weighted by atomic mass is 9.93. The van der Waals surface area contributed by atoms with Crippen molar-refractivity contribution in [2.45, 2.75) is 19.3 Å². The van der Waals surface area contributed by atoms with Gasteiger partial charge in [-0.15, -0.1) is 5.10 Å². The van der Waals surface area contributed by atoms with Crippen LogP contribution in [0.1, 0.15) is 29.6 Å². The number of piperidine rings is 1. The molecule has 0 bridgehead atoms. The monoisotopic (exact) mass is 612 g/mol. The minimum atomic E-state index is -0.637. The summed E-state index contributed by atoms with van der Waals surface area (Å²) < 4.78 is 6.85. The summed E-state index contributed by atoms with van der Waals surface area (Å²) in [5, 5.41) is 10.9. The van der Waals surface area contributed by atoms with E-state index in [4.69, 9.17) is 39.5 Å². The van der Waals surface area contributed by atoms with Crippen LogP contribution in [0.3, 0.4) is 0 Å². The number of nitrogens with zero attached hydrogens (tertiary/aromatic N) is 4. The number of halogens is 3. The SMILES string of the molecule is O=C(NCCC1CCN(c2ccncc2)CC1)Oc1cc(NC(=O)c2ccccc2Cl)n(-c2ccc(Cl)c(Cl)c2)n1. The molecular formula is C29H27Cl3N6O3. The van der Waals surface area contributed by atoms with Gasteiger partial charge >= 0.3 is 6.09 Å². The number of hydrogen-bond donors (Lipinski definition) is 2. The molecule has 0 atom stereocenters. The molecule has 2 amide bonds. The number of ether oxygens (including phenoxy) is 1. The topological polar surface area (TPSA) is 101 Å². The maximum Gasteiger partial charge on any atom is 0.413 e. The highest BCUT2D eigenvalue weighted by atomic mass is 35.5. The van der Waals surface area contributed by atoms with Crippen LogP contribution in [0.15, 0.2) is 73.1 Å². The van der Waals surface area contributed by atoms with E-state index in [1.54, 1.807) is 54.9 Å². The van der Waals surface area contributed by atoms with Crippen molar-refractivity contribution in [3.63, 3.8) is 0 Å². The molecule has 212 valence electrons. The van der Waals surface area contributed by atoms with Gasteiger partial charge in [0.25, 0.3) is 5.91 Å². The van der Waals surface area contributed by atoms with E-state index in [9.17, 15) is 9.59 Å². The Kier molecular flexibility index (Phi) is 9.28. The van der Waals surface area contributed by atoms with Gasteiger partial charge in [-0.2, -0.15) is 0 Å². The Morgan fingerprint density at radius 2 is 1.66 bits per heavy atom. The Bertz CT molecular complexity index is 1520. The van der Waals surface area contributed by atoms with E-state index in [1.165, 1.54) is 16.4 Å². The fraction of sp³-hybridized carbons (Fsp3) is 0.241. The van der Waals surface area contributed by atoms with E-state index in [0.29, 0.717) is 33.2 Å². The highest BCUT2D eigenvalue weighted by Crippen LogP contribution is 2.29. The first kappa shape index (κ1) is 28.7. The van der Waals surface area contributed by atoms with Gasteiger partial charge in [-0.05, 0) is 67.6 Å². The lowest BCUT2D eigenvalue weighted by molar-refractivity contribution is 0.102. The molecule has 1 aliphatic heterocycles. The summed E-state index contributed by atoms with van der Waals surface area (Å²) in [6, 6.07) is 17.0. The molecule has 0 radical (unpaired) electrons. The van der Waals surface area contributed by atoms with E-state index in [0.717, 1.165) is 32.4 Å². The van der Waals surface area contributed by atoms with Gasteiger partial charge in [0.2, 0.25) is 5.88 Å². The molecule has 3 heterocycles. The third-order valence-electron chi connectivity index (χ3n) is 6.86. The maximum absolute atomic E-state index is 13.0. The summed E-state index contributed by atoms with van der Waals surface area (Å²) in [5.74, 6) is 0.294. The molecular weight excluding hydrogens is 587 g/mol. The van der Waals surface area contributed by atoms with Crippen LogP contribution in [0, 0.1) is 5.92 Å². The highest BCUT2D eigenvalue weighted by molar-refractivity contribution is 6.42. The summed E-state index contributed by atoms with van der Waals surface area (Å²) in [6.07, 6.45) is 5.90. The zero-order valence-electron chi connectivity index (χ0n) is 21.9. The molecule has 0 spiro atoms. The first-order valence-corrected chi connectivity index (χ1v) is 14.2. The van der Waals surface area contributed by atoms with Crippen molar-refractivity contribution < 1.29 is 14.3 Å². The quantitative estimate of drug-likeness (QED) is 0.225. The van der Waals surface area contributed by atoms with Gasteiger partial charge in [-0.3, -0.25) is 9.78 Å². The first-order valence-electron chi connectivity index (χ1n) is 13.1. The standard InChI is InChI=1S/C29H27Cl3N6O3/c30-23-4-2-1-3-22(23)28(39)35-26-18-27(36-38(26)21-5-6-24(31)25(32)17-21)41-29(40)34-14-7-19-10-15-37(16-11-19)20-8-12-33-13-9-20/h1-6,8-9,12-13,17-19H,7,10-11,14-16H2,(H,34,40)(H,35,39). The second kappa shape index (κ2) is 13.2. The van der Waals surface area contributed by atoms with E-state index >= 15 is 0 Å². The van der Waals surface area contributed by atoms with Crippen LogP contribution in [0.25, 0.3) is 5.69 Å². The second-order valence-corrected chi connectivity index (χ2v) is 10.8. The van der Waals surface area contributed by atoms with Crippen molar-refractivity contribution in [3.05, 3.63) is 93.7 Å². The molecule has 5 rings (SSSR count). The van der Waals surface area contributed by atoms with Crippen molar-refractivity contribution in [3.8, 4) is 11.6 Å². The lowest BCUT2D eigenvalue weighted by Crippen LogP contribution is -2.35. The van der Waals surface area contributed by atoms with Gasteiger partial charge in [-0.25, -0.2) is 9.48 Å². The van der Waals surface area contributed by atoms with Gasteiger partial charge in [0.15, 0.2) is 0 Å². The Labute approximate surface area is 252 Å². The van der Waals surface area contributed by atoms with Crippen LogP contribution >= 0.6 is 34.8 Å². The number of aromatic nitrogens is 3. The minimum absolute atomic E-state index is 0.00584. The molecule has 0 aliphatic carbocycles. The van der Waals surface area contributed by atoms with E-state index in [2.05, 4.69) is 25.6 Å². The van der Waals surface area contributed by atoms with E-state index in [-0.39, 0.29) is 17.3 Å². The Balaban J connectivity index is 1.20. The summed E-state index contributed by atoms with van der Waals surface area (Å²) in [6.45, 7) is 2.41. The van der Waals surface area contributed by atoms with E-state index < -0.39 is 12.0 Å². The number of amides is 2.